The maximum absolute atomic E-state index is 11.0. The first kappa shape index (κ1) is 12.3. The van der Waals surface area contributed by atoms with Crippen molar-refractivity contribution in [1.82, 2.24) is 0 Å². The highest BCUT2D eigenvalue weighted by atomic mass is 35.5. The molecule has 0 radical (unpaired) electrons. The molecule has 0 N–H and O–H groups in total. The van der Waals surface area contributed by atoms with Gasteiger partial charge in [0, 0.05) is 6.08 Å². The number of halogens is 1. The average Bonchev–Trinajstić information content (AvgIpc) is 2.16. The second kappa shape index (κ2) is 4.40. The summed E-state index contributed by atoms with van der Waals surface area (Å²) in [5.74, 6) is -1.81. The van der Waals surface area contributed by atoms with Crippen LogP contribution < -0.4 is 0 Å². The first-order valence-electron chi connectivity index (χ1n) is 4.26. The van der Waals surface area contributed by atoms with Crippen LogP contribution in [0, 0.1) is 32.1 Å². The smallest absolute Gasteiger partial charge is 0.272 e. The number of allylic oxidation sites excluding steroid dienone is 3. The van der Waals surface area contributed by atoms with Gasteiger partial charge in [0.25, 0.3) is 11.4 Å². The quantitative estimate of drug-likeness (QED) is 0.425. The Balaban J connectivity index is 3.22. The van der Waals surface area contributed by atoms with E-state index in [0.717, 1.165) is 12.2 Å². The molecule has 0 fully saturated rings. The third-order valence-electron chi connectivity index (χ3n) is 2.33. The van der Waals surface area contributed by atoms with Crippen LogP contribution in [0.5, 0.6) is 0 Å². The van der Waals surface area contributed by atoms with Crippen molar-refractivity contribution < 1.29 is 14.6 Å². The molecule has 7 nitrogen and oxygen atoms in total. The Hall–Kier alpha value is -1.76. The van der Waals surface area contributed by atoms with E-state index >= 15 is 0 Å². The molecule has 1 rings (SSSR count). The molecule has 0 saturated heterocycles. The van der Waals surface area contributed by atoms with E-state index in [1.54, 1.807) is 0 Å². The Bertz CT molecular complexity index is 428. The van der Waals surface area contributed by atoms with Crippen LogP contribution in [0.25, 0.3) is 0 Å². The van der Waals surface area contributed by atoms with Crippen molar-refractivity contribution >= 4 is 16.8 Å². The van der Waals surface area contributed by atoms with Crippen LogP contribution in [-0.2, 0) is 4.79 Å². The van der Waals surface area contributed by atoms with Crippen molar-refractivity contribution in [3.05, 3.63) is 43.8 Å². The van der Waals surface area contributed by atoms with Gasteiger partial charge in [-0.25, -0.2) is 0 Å². The van der Waals surface area contributed by atoms with Gasteiger partial charge in [0.2, 0.25) is 5.24 Å². The summed E-state index contributed by atoms with van der Waals surface area (Å²) < 4.78 is 0. The average molecular weight is 247 g/mol. The van der Waals surface area contributed by atoms with Crippen LogP contribution in [0.3, 0.4) is 0 Å². The van der Waals surface area contributed by atoms with Crippen LogP contribution >= 0.6 is 11.6 Å². The maximum atomic E-state index is 11.0. The third-order valence-corrected chi connectivity index (χ3v) is 2.59. The number of nitro groups is 2. The van der Waals surface area contributed by atoms with E-state index < -0.39 is 32.6 Å². The van der Waals surface area contributed by atoms with E-state index in [0.29, 0.717) is 0 Å². The molecule has 8 heteroatoms. The lowest BCUT2D eigenvalue weighted by atomic mass is 9.87. The van der Waals surface area contributed by atoms with Crippen molar-refractivity contribution in [1.29, 1.82) is 0 Å². The predicted molar refractivity (Wildman–Crippen MR) is 53.7 cm³/mol. The van der Waals surface area contributed by atoms with Gasteiger partial charge in [0.1, 0.15) is 0 Å². The van der Waals surface area contributed by atoms with E-state index in [9.17, 15) is 25.0 Å². The Labute approximate surface area is 94.7 Å². The fourth-order valence-corrected chi connectivity index (χ4v) is 1.69. The molecule has 86 valence electrons. The monoisotopic (exact) mass is 246 g/mol. The van der Waals surface area contributed by atoms with Crippen LogP contribution in [0.15, 0.2) is 23.5 Å². The topological polar surface area (TPSA) is 103 Å². The Morgan fingerprint density at radius 3 is 2.31 bits per heavy atom. The van der Waals surface area contributed by atoms with Crippen LogP contribution in [0.4, 0.5) is 0 Å². The van der Waals surface area contributed by atoms with E-state index in [1.807, 2.05) is 0 Å². The summed E-state index contributed by atoms with van der Waals surface area (Å²) in [4.78, 5) is 30.6. The zero-order chi connectivity index (χ0) is 12.5. The molecule has 0 amide bonds. The van der Waals surface area contributed by atoms with Gasteiger partial charge in [-0.05, 0) is 11.6 Å². The number of hydrogen-bond acceptors (Lipinski definition) is 5. The van der Waals surface area contributed by atoms with Gasteiger partial charge in [-0.3, -0.25) is 25.0 Å². The summed E-state index contributed by atoms with van der Waals surface area (Å²) in [6.45, 7) is 1.42. The second-order valence-electron chi connectivity index (χ2n) is 3.29. The number of hydrogen-bond donors (Lipinski definition) is 0. The minimum Gasteiger partial charge on any atom is -0.281 e. The van der Waals surface area contributed by atoms with Gasteiger partial charge in [0.15, 0.2) is 0 Å². The highest BCUT2D eigenvalue weighted by Crippen LogP contribution is 2.30. The van der Waals surface area contributed by atoms with Crippen molar-refractivity contribution in [2.24, 2.45) is 11.8 Å². The molecule has 0 aromatic carbocycles. The Morgan fingerprint density at radius 2 is 1.94 bits per heavy atom. The first-order valence-corrected chi connectivity index (χ1v) is 4.64. The van der Waals surface area contributed by atoms with Crippen LogP contribution in [0.2, 0.25) is 0 Å². The summed E-state index contributed by atoms with van der Waals surface area (Å²) in [5.41, 5.74) is -0.864. The minimum absolute atomic E-state index is 0.381. The predicted octanol–water partition coefficient (Wildman–Crippen LogP) is 1.34. The summed E-state index contributed by atoms with van der Waals surface area (Å²) in [5, 5.41) is 20.3. The van der Waals surface area contributed by atoms with Crippen LogP contribution in [0.1, 0.15) is 6.92 Å². The fourth-order valence-electron chi connectivity index (χ4n) is 1.44. The molecular formula is C8H7ClN2O5. The normalized spacial score (nSPS) is 24.4. The SMILES string of the molecule is CC1C([N+](=O)[O-])=CC([N+](=O)[O-])=CC1C(=O)Cl. The molecule has 1 aliphatic rings. The standard InChI is InChI=1S/C8H7ClN2O5/c1-4-6(8(9)12)2-5(10(13)14)3-7(4)11(15)16/h2-4,6H,1H3. The zero-order valence-electron chi connectivity index (χ0n) is 8.12. The van der Waals surface area contributed by atoms with Gasteiger partial charge >= 0.3 is 0 Å². The summed E-state index contributed by atoms with van der Waals surface area (Å²) >= 11 is 5.24. The van der Waals surface area contributed by atoms with Gasteiger partial charge in [-0.2, -0.15) is 0 Å². The number of nitrogens with zero attached hydrogens (tertiary/aromatic N) is 2. The molecule has 0 aliphatic heterocycles. The lowest BCUT2D eigenvalue weighted by molar-refractivity contribution is -0.443. The fraction of sp³-hybridized carbons (Fsp3) is 0.375. The van der Waals surface area contributed by atoms with Gasteiger partial charge in [0.05, 0.1) is 27.8 Å². The molecule has 0 bridgehead atoms. The van der Waals surface area contributed by atoms with Gasteiger partial charge in [-0.15, -0.1) is 0 Å². The molecule has 0 aromatic rings. The zero-order valence-corrected chi connectivity index (χ0v) is 8.88. The number of carbonyl (C=O) groups is 1. The Kier molecular flexibility index (Phi) is 3.38. The second-order valence-corrected chi connectivity index (χ2v) is 3.67. The summed E-state index contributed by atoms with van der Waals surface area (Å²) in [6.07, 6.45) is 1.88. The van der Waals surface area contributed by atoms with Crippen LogP contribution in [-0.4, -0.2) is 15.1 Å². The lowest BCUT2D eigenvalue weighted by Gasteiger charge is -2.17. The van der Waals surface area contributed by atoms with Crippen molar-refractivity contribution in [3.63, 3.8) is 0 Å². The molecule has 0 spiro atoms. The molecule has 1 aliphatic carbocycles. The highest BCUT2D eigenvalue weighted by Gasteiger charge is 2.38. The summed E-state index contributed by atoms with van der Waals surface area (Å²) in [6, 6.07) is 0. The first-order chi connectivity index (χ1) is 7.34. The third kappa shape index (κ3) is 2.25. The highest BCUT2D eigenvalue weighted by molar-refractivity contribution is 6.64. The van der Waals surface area contributed by atoms with E-state index in [2.05, 4.69) is 0 Å². The van der Waals surface area contributed by atoms with Crippen molar-refractivity contribution in [2.45, 2.75) is 6.92 Å². The van der Waals surface area contributed by atoms with E-state index in [-0.39, 0.29) is 5.70 Å². The molecule has 0 heterocycles. The number of rotatable bonds is 3. The number of carbonyl (C=O) groups excluding carboxylic acids is 1. The summed E-state index contributed by atoms with van der Waals surface area (Å²) in [7, 11) is 0. The minimum atomic E-state index is -1.03. The lowest BCUT2D eigenvalue weighted by Crippen LogP contribution is -2.26. The van der Waals surface area contributed by atoms with Crippen molar-refractivity contribution in [2.75, 3.05) is 0 Å². The molecule has 2 atom stereocenters. The van der Waals surface area contributed by atoms with Crippen molar-refractivity contribution in [3.8, 4) is 0 Å². The molecular weight excluding hydrogens is 240 g/mol. The Morgan fingerprint density at radius 1 is 1.38 bits per heavy atom. The molecule has 0 aromatic heterocycles. The van der Waals surface area contributed by atoms with Gasteiger partial charge in [-0.1, -0.05) is 6.92 Å². The molecule has 16 heavy (non-hydrogen) atoms. The molecule has 2 unspecified atom stereocenters. The largest absolute Gasteiger partial charge is 0.281 e. The maximum Gasteiger partial charge on any atom is 0.272 e. The molecule has 0 saturated carbocycles. The van der Waals surface area contributed by atoms with Gasteiger partial charge < -0.3 is 0 Å². The van der Waals surface area contributed by atoms with E-state index in [1.165, 1.54) is 6.92 Å². The van der Waals surface area contributed by atoms with E-state index in [4.69, 9.17) is 11.6 Å².